The summed E-state index contributed by atoms with van der Waals surface area (Å²) in [5, 5.41) is 0. The van der Waals surface area contributed by atoms with Crippen LogP contribution in [0.1, 0.15) is 52.4 Å². The Hall–Kier alpha value is -0.780. The van der Waals surface area contributed by atoms with E-state index in [1.165, 1.54) is 0 Å². The second-order valence-corrected chi connectivity index (χ2v) is 6.04. The first kappa shape index (κ1) is 17.3. The van der Waals surface area contributed by atoms with Gasteiger partial charge in [-0.2, -0.15) is 13.2 Å². The molecular weight excluding hydrogens is 269 g/mol. The molecule has 0 spiro atoms. The molecule has 0 saturated heterocycles. The summed E-state index contributed by atoms with van der Waals surface area (Å²) in [5.74, 6) is -0.422. The maximum absolute atomic E-state index is 12.7. The minimum absolute atomic E-state index is 0.132. The van der Waals surface area contributed by atoms with Gasteiger partial charge in [0.1, 0.15) is 6.54 Å². The highest BCUT2D eigenvalue weighted by Crippen LogP contribution is 2.37. The molecule has 1 fully saturated rings. The lowest BCUT2D eigenvalue weighted by Gasteiger charge is -2.38. The van der Waals surface area contributed by atoms with Gasteiger partial charge in [0, 0.05) is 12.6 Å². The zero-order valence-electron chi connectivity index (χ0n) is 12.3. The fraction of sp³-hybridized carbons (Fsp3) is 0.929. The van der Waals surface area contributed by atoms with Crippen LogP contribution >= 0.6 is 0 Å². The number of carbonyl (C=O) groups is 1. The summed E-state index contributed by atoms with van der Waals surface area (Å²) in [6.45, 7) is 2.17. The van der Waals surface area contributed by atoms with Gasteiger partial charge in [-0.3, -0.25) is 4.79 Å². The number of halogens is 3. The van der Waals surface area contributed by atoms with Crippen molar-refractivity contribution >= 4 is 5.91 Å². The Morgan fingerprint density at radius 1 is 1.20 bits per heavy atom. The maximum atomic E-state index is 12.7. The second kappa shape index (κ2) is 6.78. The molecule has 3 nitrogen and oxygen atoms in total. The predicted molar refractivity (Wildman–Crippen MR) is 72.1 cm³/mol. The molecule has 1 aliphatic carbocycles. The number of amides is 1. The van der Waals surface area contributed by atoms with Crippen molar-refractivity contribution in [3.8, 4) is 0 Å². The van der Waals surface area contributed by atoms with Gasteiger partial charge in [-0.1, -0.05) is 25.7 Å². The number of hydrogen-bond donors (Lipinski definition) is 1. The molecule has 0 unspecified atom stereocenters. The van der Waals surface area contributed by atoms with E-state index >= 15 is 0 Å². The Morgan fingerprint density at radius 3 is 2.05 bits per heavy atom. The van der Waals surface area contributed by atoms with Crippen molar-refractivity contribution < 1.29 is 18.0 Å². The third-order valence-corrected chi connectivity index (χ3v) is 4.14. The first-order valence-corrected chi connectivity index (χ1v) is 7.30. The zero-order chi connectivity index (χ0) is 15.4. The summed E-state index contributed by atoms with van der Waals surface area (Å²) in [7, 11) is 0. The van der Waals surface area contributed by atoms with Crippen LogP contribution in [0.2, 0.25) is 0 Å². The van der Waals surface area contributed by atoms with Gasteiger partial charge in [0.2, 0.25) is 5.91 Å². The van der Waals surface area contributed by atoms with Crippen molar-refractivity contribution in [2.24, 2.45) is 11.1 Å². The van der Waals surface area contributed by atoms with Crippen LogP contribution in [-0.4, -0.2) is 36.1 Å². The number of alkyl halides is 3. The zero-order valence-corrected chi connectivity index (χ0v) is 12.3. The predicted octanol–water partition coefficient (Wildman–Crippen LogP) is 3.09. The molecule has 0 aromatic carbocycles. The van der Waals surface area contributed by atoms with Crippen molar-refractivity contribution in [3.63, 3.8) is 0 Å². The van der Waals surface area contributed by atoms with E-state index < -0.39 is 30.1 Å². The highest BCUT2D eigenvalue weighted by molar-refractivity contribution is 5.83. The summed E-state index contributed by atoms with van der Waals surface area (Å²) in [6, 6.07) is -0.476. The topological polar surface area (TPSA) is 46.3 Å². The second-order valence-electron chi connectivity index (χ2n) is 6.04. The first-order valence-electron chi connectivity index (χ1n) is 7.30. The van der Waals surface area contributed by atoms with Gasteiger partial charge in [-0.15, -0.1) is 0 Å². The largest absolute Gasteiger partial charge is 0.406 e. The number of hydrogen-bond acceptors (Lipinski definition) is 2. The summed E-state index contributed by atoms with van der Waals surface area (Å²) in [4.78, 5) is 13.6. The summed E-state index contributed by atoms with van der Waals surface area (Å²) < 4.78 is 38.0. The average Bonchev–Trinajstić information content (AvgIpc) is 2.60. The normalized spacial score (nSPS) is 19.8. The minimum atomic E-state index is -4.37. The lowest BCUT2D eigenvalue weighted by atomic mass is 9.78. The van der Waals surface area contributed by atoms with Gasteiger partial charge in [0.05, 0.1) is 5.41 Å². The fourth-order valence-corrected chi connectivity index (χ4v) is 2.90. The molecule has 2 N–H and O–H groups in total. The molecule has 0 heterocycles. The standard InChI is InChI=1S/C14H25F3N2O/c1-11(2)19(10-14(15,16)17)12(20)13(9-18)7-5-3-4-6-8-13/h11H,3-10,18H2,1-2H3. The van der Waals surface area contributed by atoms with Crippen LogP contribution in [0.25, 0.3) is 0 Å². The summed E-state index contributed by atoms with van der Waals surface area (Å²) >= 11 is 0. The molecule has 0 aliphatic heterocycles. The van der Waals surface area contributed by atoms with E-state index in [9.17, 15) is 18.0 Å². The molecule has 0 aromatic heterocycles. The molecule has 118 valence electrons. The van der Waals surface area contributed by atoms with Crippen molar-refractivity contribution in [1.29, 1.82) is 0 Å². The Morgan fingerprint density at radius 2 is 1.70 bits per heavy atom. The Balaban J connectivity index is 2.95. The number of nitrogens with two attached hydrogens (primary N) is 1. The van der Waals surface area contributed by atoms with E-state index in [1.807, 2.05) is 0 Å². The van der Waals surface area contributed by atoms with Crippen LogP contribution in [0, 0.1) is 5.41 Å². The number of carbonyl (C=O) groups excluding carboxylic acids is 1. The van der Waals surface area contributed by atoms with E-state index in [2.05, 4.69) is 0 Å². The lowest BCUT2D eigenvalue weighted by Crippen LogP contribution is -2.53. The number of rotatable bonds is 4. The Labute approximate surface area is 118 Å². The van der Waals surface area contributed by atoms with Gasteiger partial charge in [0.15, 0.2) is 0 Å². The Bertz CT molecular complexity index is 321. The van der Waals surface area contributed by atoms with E-state index in [0.717, 1.165) is 30.6 Å². The maximum Gasteiger partial charge on any atom is 0.406 e. The smallest absolute Gasteiger partial charge is 0.331 e. The molecule has 0 radical (unpaired) electrons. The number of nitrogens with zero attached hydrogens (tertiary/aromatic N) is 1. The van der Waals surface area contributed by atoms with Crippen LogP contribution in [0.15, 0.2) is 0 Å². The van der Waals surface area contributed by atoms with Crippen LogP contribution in [0.4, 0.5) is 13.2 Å². The fourth-order valence-electron chi connectivity index (χ4n) is 2.90. The van der Waals surface area contributed by atoms with Gasteiger partial charge < -0.3 is 10.6 Å². The Kier molecular flexibility index (Phi) is 5.86. The molecule has 0 aromatic rings. The van der Waals surface area contributed by atoms with Gasteiger partial charge in [-0.05, 0) is 26.7 Å². The molecule has 1 aliphatic rings. The van der Waals surface area contributed by atoms with Crippen molar-refractivity contribution in [1.82, 2.24) is 4.90 Å². The molecule has 20 heavy (non-hydrogen) atoms. The third kappa shape index (κ3) is 4.36. The van der Waals surface area contributed by atoms with E-state index in [4.69, 9.17) is 5.73 Å². The van der Waals surface area contributed by atoms with Gasteiger partial charge in [0.25, 0.3) is 0 Å². The monoisotopic (exact) mass is 294 g/mol. The van der Waals surface area contributed by atoms with Gasteiger partial charge in [-0.25, -0.2) is 0 Å². The van der Waals surface area contributed by atoms with E-state index in [-0.39, 0.29) is 6.54 Å². The van der Waals surface area contributed by atoms with Crippen molar-refractivity contribution in [2.75, 3.05) is 13.1 Å². The van der Waals surface area contributed by atoms with E-state index in [0.29, 0.717) is 12.8 Å². The van der Waals surface area contributed by atoms with Gasteiger partial charge >= 0.3 is 6.18 Å². The van der Waals surface area contributed by atoms with Crippen molar-refractivity contribution in [2.45, 2.75) is 64.6 Å². The molecule has 6 heteroatoms. The molecule has 1 amide bonds. The molecule has 1 saturated carbocycles. The highest BCUT2D eigenvalue weighted by Gasteiger charge is 2.44. The summed E-state index contributed by atoms with van der Waals surface area (Å²) in [6.07, 6.45) is 0.598. The van der Waals surface area contributed by atoms with Crippen LogP contribution in [0.3, 0.4) is 0 Å². The van der Waals surface area contributed by atoms with Crippen LogP contribution < -0.4 is 5.73 Å². The average molecular weight is 294 g/mol. The SMILES string of the molecule is CC(C)N(CC(F)(F)F)C(=O)C1(CN)CCCCCC1. The highest BCUT2D eigenvalue weighted by atomic mass is 19.4. The van der Waals surface area contributed by atoms with Crippen LogP contribution in [-0.2, 0) is 4.79 Å². The van der Waals surface area contributed by atoms with Crippen molar-refractivity contribution in [3.05, 3.63) is 0 Å². The molecule has 0 atom stereocenters. The lowest BCUT2D eigenvalue weighted by molar-refractivity contribution is -0.171. The van der Waals surface area contributed by atoms with E-state index in [1.54, 1.807) is 13.8 Å². The molecule has 1 rings (SSSR count). The quantitative estimate of drug-likeness (QED) is 0.810. The molecule has 0 bridgehead atoms. The minimum Gasteiger partial charge on any atom is -0.331 e. The summed E-state index contributed by atoms with van der Waals surface area (Å²) in [5.41, 5.74) is 4.98. The first-order chi connectivity index (χ1) is 9.22. The molecular formula is C14H25F3N2O. The van der Waals surface area contributed by atoms with Crippen LogP contribution in [0.5, 0.6) is 0 Å². The third-order valence-electron chi connectivity index (χ3n) is 4.14.